The van der Waals surface area contributed by atoms with E-state index >= 15 is 0 Å². The molecule has 2 atom stereocenters. The Hall–Kier alpha value is -1.43. The monoisotopic (exact) mass is 183 g/mol. The van der Waals surface area contributed by atoms with Gasteiger partial charge in [-0.05, 0) is 0 Å². The van der Waals surface area contributed by atoms with Gasteiger partial charge in [0.1, 0.15) is 12.1 Å². The van der Waals surface area contributed by atoms with Crippen LogP contribution < -0.4 is 5.32 Å². The van der Waals surface area contributed by atoms with Gasteiger partial charge in [-0.3, -0.25) is 4.79 Å². The Labute approximate surface area is 74.0 Å². The molecule has 13 heavy (non-hydrogen) atoms. The number of hydrogen-bond acceptors (Lipinski definition) is 5. The Morgan fingerprint density at radius 2 is 2.38 bits per heavy atom. The zero-order valence-corrected chi connectivity index (χ0v) is 6.77. The van der Waals surface area contributed by atoms with Crippen LogP contribution in [0.5, 0.6) is 0 Å². The van der Waals surface area contributed by atoms with Crippen LogP contribution in [0.2, 0.25) is 0 Å². The maximum absolute atomic E-state index is 10.6. The van der Waals surface area contributed by atoms with Gasteiger partial charge in [-0.1, -0.05) is 0 Å². The van der Waals surface area contributed by atoms with Crippen molar-refractivity contribution in [2.45, 2.75) is 18.5 Å². The molecule has 0 radical (unpaired) electrons. The number of hydrogen-bond donors (Lipinski definition) is 3. The van der Waals surface area contributed by atoms with E-state index in [1.54, 1.807) is 0 Å². The molecule has 6 nitrogen and oxygen atoms in total. The molecule has 2 rings (SSSR count). The van der Waals surface area contributed by atoms with E-state index < -0.39 is 12.0 Å². The van der Waals surface area contributed by atoms with Crippen molar-refractivity contribution in [3.05, 3.63) is 11.5 Å². The summed E-state index contributed by atoms with van der Waals surface area (Å²) in [5, 5.41) is 28.0. The van der Waals surface area contributed by atoms with Gasteiger partial charge in [0.05, 0.1) is 0 Å². The summed E-state index contributed by atoms with van der Waals surface area (Å²) in [6.07, 6.45) is 0.277. The van der Waals surface area contributed by atoms with Crippen molar-refractivity contribution in [1.29, 1.82) is 0 Å². The van der Waals surface area contributed by atoms with Crippen LogP contribution in [-0.2, 0) is 4.79 Å². The van der Waals surface area contributed by atoms with Gasteiger partial charge < -0.3 is 15.5 Å². The molecule has 70 valence electrons. The number of fused-ring (bicyclic) bond motifs is 1. The summed E-state index contributed by atoms with van der Waals surface area (Å²) in [5.74, 6) is -1.02. The Morgan fingerprint density at radius 3 is 3.08 bits per heavy atom. The van der Waals surface area contributed by atoms with E-state index in [9.17, 15) is 9.90 Å². The second-order valence-corrected chi connectivity index (χ2v) is 3.08. The standard InChI is InChI=1S/C7H9N3O3/c11-6-3-1-4(7(12)13)8-2-5(3)9-10-6/h4-5,8,11H,1-2H2,(H,12,13)/t4-,5-/m0/s1. The molecule has 0 aromatic carbocycles. The maximum atomic E-state index is 10.6. The molecule has 0 unspecified atom stereocenters. The number of nitrogens with zero attached hydrogens (tertiary/aromatic N) is 2. The molecule has 6 heteroatoms. The molecule has 0 spiro atoms. The lowest BCUT2D eigenvalue weighted by atomic mass is 9.96. The molecule has 0 saturated carbocycles. The van der Waals surface area contributed by atoms with E-state index in [4.69, 9.17) is 5.11 Å². The lowest BCUT2D eigenvalue weighted by Crippen LogP contribution is -2.46. The number of aliphatic hydroxyl groups is 1. The van der Waals surface area contributed by atoms with Gasteiger partial charge in [-0.15, -0.1) is 5.11 Å². The molecule has 2 heterocycles. The largest absolute Gasteiger partial charge is 0.492 e. The van der Waals surface area contributed by atoms with Gasteiger partial charge >= 0.3 is 5.97 Å². The van der Waals surface area contributed by atoms with Crippen molar-refractivity contribution in [3.63, 3.8) is 0 Å². The SMILES string of the molecule is O=C(O)[C@@H]1CC2=C(O)N=N[C@H]2CN1. The van der Waals surface area contributed by atoms with Crippen molar-refractivity contribution in [2.24, 2.45) is 10.2 Å². The first kappa shape index (κ1) is 8.18. The van der Waals surface area contributed by atoms with Gasteiger partial charge in [0.2, 0.25) is 5.88 Å². The maximum Gasteiger partial charge on any atom is 0.321 e. The topological polar surface area (TPSA) is 94.3 Å². The minimum atomic E-state index is -0.911. The highest BCUT2D eigenvalue weighted by atomic mass is 16.4. The molecule has 0 aromatic heterocycles. The Morgan fingerprint density at radius 1 is 1.62 bits per heavy atom. The molecule has 2 aliphatic rings. The molecule has 0 bridgehead atoms. The quantitative estimate of drug-likeness (QED) is 0.534. The molecule has 3 N–H and O–H groups in total. The average molecular weight is 183 g/mol. The number of carbonyl (C=O) groups is 1. The normalized spacial score (nSPS) is 32.0. The fourth-order valence-corrected chi connectivity index (χ4v) is 1.52. The van der Waals surface area contributed by atoms with Crippen LogP contribution >= 0.6 is 0 Å². The minimum absolute atomic E-state index is 0.113. The number of aliphatic hydroxyl groups excluding tert-OH is 1. The van der Waals surface area contributed by atoms with E-state index in [0.29, 0.717) is 12.1 Å². The average Bonchev–Trinajstić information content (AvgIpc) is 2.47. The molecule has 0 amide bonds. The summed E-state index contributed by atoms with van der Waals surface area (Å²) < 4.78 is 0. The predicted octanol–water partition coefficient (Wildman–Crippen LogP) is 0.0369. The highest BCUT2D eigenvalue weighted by Crippen LogP contribution is 2.27. The van der Waals surface area contributed by atoms with Gasteiger partial charge in [0, 0.05) is 18.5 Å². The lowest BCUT2D eigenvalue weighted by Gasteiger charge is -2.24. The van der Waals surface area contributed by atoms with Crippen molar-refractivity contribution in [1.82, 2.24) is 5.32 Å². The first-order chi connectivity index (χ1) is 6.18. The van der Waals surface area contributed by atoms with Crippen LogP contribution in [-0.4, -0.2) is 34.8 Å². The van der Waals surface area contributed by atoms with Crippen molar-refractivity contribution >= 4 is 5.97 Å². The zero-order chi connectivity index (χ0) is 9.42. The van der Waals surface area contributed by atoms with Gasteiger partial charge in [-0.2, -0.15) is 5.11 Å². The first-order valence-corrected chi connectivity index (χ1v) is 3.97. The van der Waals surface area contributed by atoms with Crippen LogP contribution in [0.4, 0.5) is 0 Å². The molecular formula is C7H9N3O3. The molecule has 2 aliphatic heterocycles. The van der Waals surface area contributed by atoms with Gasteiger partial charge in [0.15, 0.2) is 0 Å². The summed E-state index contributed by atoms with van der Waals surface area (Å²) >= 11 is 0. The van der Waals surface area contributed by atoms with Crippen LogP contribution in [0.1, 0.15) is 6.42 Å². The van der Waals surface area contributed by atoms with E-state index in [0.717, 1.165) is 0 Å². The van der Waals surface area contributed by atoms with Crippen LogP contribution in [0.3, 0.4) is 0 Å². The Balaban J connectivity index is 2.16. The number of azo groups is 1. The summed E-state index contributed by atoms with van der Waals surface area (Å²) in [4.78, 5) is 10.6. The second kappa shape index (κ2) is 2.81. The Kier molecular flexibility index (Phi) is 1.77. The van der Waals surface area contributed by atoms with E-state index in [1.165, 1.54) is 0 Å². The van der Waals surface area contributed by atoms with E-state index in [-0.39, 0.29) is 18.3 Å². The summed E-state index contributed by atoms with van der Waals surface area (Å²) in [5.41, 5.74) is 0.631. The summed E-state index contributed by atoms with van der Waals surface area (Å²) in [6, 6.07) is -0.799. The highest BCUT2D eigenvalue weighted by molar-refractivity contribution is 5.74. The predicted molar refractivity (Wildman–Crippen MR) is 42.3 cm³/mol. The number of carboxylic acids is 1. The number of rotatable bonds is 1. The Bertz CT molecular complexity index is 310. The highest BCUT2D eigenvalue weighted by Gasteiger charge is 2.34. The molecule has 1 saturated heterocycles. The molecule has 0 aromatic rings. The number of nitrogens with one attached hydrogen (secondary N) is 1. The minimum Gasteiger partial charge on any atom is -0.492 e. The molecule has 0 aliphatic carbocycles. The number of piperidine rings is 1. The molecular weight excluding hydrogens is 174 g/mol. The van der Waals surface area contributed by atoms with Crippen LogP contribution in [0.15, 0.2) is 21.7 Å². The number of carboxylic acid groups (broad SMARTS) is 1. The second-order valence-electron chi connectivity index (χ2n) is 3.08. The van der Waals surface area contributed by atoms with Crippen molar-refractivity contribution in [3.8, 4) is 0 Å². The first-order valence-electron chi connectivity index (χ1n) is 3.97. The van der Waals surface area contributed by atoms with Gasteiger partial charge in [0.25, 0.3) is 0 Å². The summed E-state index contributed by atoms with van der Waals surface area (Å²) in [7, 11) is 0. The smallest absolute Gasteiger partial charge is 0.321 e. The van der Waals surface area contributed by atoms with Crippen LogP contribution in [0.25, 0.3) is 0 Å². The zero-order valence-electron chi connectivity index (χ0n) is 6.77. The fraction of sp³-hybridized carbons (Fsp3) is 0.571. The van der Waals surface area contributed by atoms with Crippen molar-refractivity contribution in [2.75, 3.05) is 6.54 Å². The molecule has 1 fully saturated rings. The van der Waals surface area contributed by atoms with Crippen LogP contribution in [0, 0.1) is 0 Å². The third kappa shape index (κ3) is 1.29. The van der Waals surface area contributed by atoms with E-state index in [2.05, 4.69) is 15.5 Å². The van der Waals surface area contributed by atoms with E-state index in [1.807, 2.05) is 0 Å². The number of aliphatic carboxylic acids is 1. The van der Waals surface area contributed by atoms with Crippen molar-refractivity contribution < 1.29 is 15.0 Å². The van der Waals surface area contributed by atoms with Gasteiger partial charge in [-0.25, -0.2) is 0 Å². The lowest BCUT2D eigenvalue weighted by molar-refractivity contribution is -0.139. The third-order valence-electron chi connectivity index (χ3n) is 2.26. The third-order valence-corrected chi connectivity index (χ3v) is 2.26. The summed E-state index contributed by atoms with van der Waals surface area (Å²) in [6.45, 7) is 0.430. The fourth-order valence-electron chi connectivity index (χ4n) is 1.52.